The third-order valence-electron chi connectivity index (χ3n) is 10.6. The van der Waals surface area contributed by atoms with Crippen LogP contribution < -0.4 is 5.32 Å². The van der Waals surface area contributed by atoms with Crippen LogP contribution in [0.4, 0.5) is 0 Å². The van der Waals surface area contributed by atoms with Crippen molar-refractivity contribution in [3.63, 3.8) is 0 Å². The van der Waals surface area contributed by atoms with Crippen LogP contribution in [0, 0.1) is 0 Å². The first kappa shape index (κ1) is 49.1. The van der Waals surface area contributed by atoms with Crippen LogP contribution in [0.3, 0.4) is 0 Å². The lowest BCUT2D eigenvalue weighted by molar-refractivity contribution is -0.124. The van der Waals surface area contributed by atoms with Crippen molar-refractivity contribution >= 4 is 5.91 Å². The molecule has 0 spiro atoms. The lowest BCUT2D eigenvalue weighted by Gasteiger charge is -2.21. The van der Waals surface area contributed by atoms with E-state index in [1.807, 2.05) is 6.08 Å². The van der Waals surface area contributed by atoms with Crippen molar-refractivity contribution in [2.24, 2.45) is 0 Å². The van der Waals surface area contributed by atoms with Crippen LogP contribution in [0.15, 0.2) is 12.2 Å². The number of rotatable bonds is 41. The van der Waals surface area contributed by atoms with E-state index in [-0.39, 0.29) is 18.9 Å². The maximum Gasteiger partial charge on any atom is 0.222 e. The van der Waals surface area contributed by atoms with Crippen molar-refractivity contribution in [1.29, 1.82) is 0 Å². The van der Waals surface area contributed by atoms with E-state index in [1.165, 1.54) is 193 Å². The summed E-state index contributed by atoms with van der Waals surface area (Å²) in [6.07, 6.45) is 47.9. The summed E-state index contributed by atoms with van der Waals surface area (Å²) in [6.45, 7) is 4.22. The number of hydrogen-bond donors (Lipinski definition) is 4. The highest BCUT2D eigenvalue weighted by Gasteiger charge is 2.20. The molecule has 5 heteroatoms. The van der Waals surface area contributed by atoms with E-state index in [4.69, 9.17) is 0 Å². The van der Waals surface area contributed by atoms with Crippen LogP contribution in [0.1, 0.15) is 245 Å². The van der Waals surface area contributed by atoms with Gasteiger partial charge in [-0.15, -0.1) is 0 Å². The first-order valence-electron chi connectivity index (χ1n) is 22.5. The highest BCUT2D eigenvalue weighted by Crippen LogP contribution is 2.17. The molecular formula is C45H89NO4. The first-order chi connectivity index (χ1) is 24.5. The summed E-state index contributed by atoms with van der Waals surface area (Å²) in [6, 6.07) is -0.738. The van der Waals surface area contributed by atoms with E-state index in [0.29, 0.717) is 6.42 Å². The minimum absolute atomic E-state index is 0.0187. The zero-order valence-corrected chi connectivity index (χ0v) is 33.8. The monoisotopic (exact) mass is 708 g/mol. The van der Waals surface area contributed by atoms with E-state index >= 15 is 0 Å². The van der Waals surface area contributed by atoms with E-state index < -0.39 is 18.2 Å². The topological polar surface area (TPSA) is 89.8 Å². The van der Waals surface area contributed by atoms with Crippen LogP contribution in [0.5, 0.6) is 0 Å². The molecule has 0 aliphatic carbocycles. The Morgan fingerprint density at radius 3 is 1.16 bits per heavy atom. The molecule has 0 saturated carbocycles. The summed E-state index contributed by atoms with van der Waals surface area (Å²) >= 11 is 0. The van der Waals surface area contributed by atoms with Crippen LogP contribution in [-0.2, 0) is 4.79 Å². The van der Waals surface area contributed by atoms with Crippen LogP contribution in [0.2, 0.25) is 0 Å². The molecule has 3 unspecified atom stereocenters. The minimum Gasteiger partial charge on any atom is -0.394 e. The van der Waals surface area contributed by atoms with Crippen molar-refractivity contribution in [2.75, 3.05) is 6.61 Å². The first-order valence-corrected chi connectivity index (χ1v) is 22.5. The van der Waals surface area contributed by atoms with Gasteiger partial charge in [0.25, 0.3) is 0 Å². The van der Waals surface area contributed by atoms with Gasteiger partial charge in [0.05, 0.1) is 31.3 Å². The minimum atomic E-state index is -0.923. The number of aliphatic hydroxyl groups excluding tert-OH is 3. The molecule has 3 atom stereocenters. The predicted molar refractivity (Wildman–Crippen MR) is 218 cm³/mol. The maximum atomic E-state index is 12.4. The Labute approximate surface area is 312 Å². The fourth-order valence-electron chi connectivity index (χ4n) is 7.11. The highest BCUT2D eigenvalue weighted by molar-refractivity contribution is 5.76. The number of amides is 1. The van der Waals surface area contributed by atoms with Gasteiger partial charge in [-0.05, 0) is 19.3 Å². The number of carbonyl (C=O) groups is 1. The molecule has 0 bridgehead atoms. The maximum absolute atomic E-state index is 12.4. The Morgan fingerprint density at radius 2 is 0.820 bits per heavy atom. The molecule has 5 nitrogen and oxygen atoms in total. The second kappa shape index (κ2) is 40.9. The molecule has 0 saturated heterocycles. The largest absolute Gasteiger partial charge is 0.394 e. The second-order valence-corrected chi connectivity index (χ2v) is 15.7. The molecule has 0 aromatic heterocycles. The van der Waals surface area contributed by atoms with Crippen molar-refractivity contribution < 1.29 is 20.1 Å². The van der Waals surface area contributed by atoms with Gasteiger partial charge in [0.15, 0.2) is 0 Å². The lowest BCUT2D eigenvalue weighted by Crippen LogP contribution is -2.45. The second-order valence-electron chi connectivity index (χ2n) is 15.7. The summed E-state index contributed by atoms with van der Waals surface area (Å²) in [5.74, 6) is -0.312. The predicted octanol–water partition coefficient (Wildman–Crippen LogP) is 12.8. The molecule has 0 rings (SSSR count). The number of nitrogens with one attached hydrogen (secondary N) is 1. The molecule has 0 fully saturated rings. The van der Waals surface area contributed by atoms with E-state index in [9.17, 15) is 20.1 Å². The summed E-state index contributed by atoms with van der Waals surface area (Å²) in [4.78, 5) is 12.4. The van der Waals surface area contributed by atoms with Gasteiger partial charge in [-0.1, -0.05) is 231 Å². The summed E-state index contributed by atoms with van der Waals surface area (Å²) in [5.41, 5.74) is 0. The average molecular weight is 708 g/mol. The van der Waals surface area contributed by atoms with E-state index in [1.54, 1.807) is 6.08 Å². The Bertz CT molecular complexity index is 699. The summed E-state index contributed by atoms with van der Waals surface area (Å²) in [5, 5.41) is 33.2. The van der Waals surface area contributed by atoms with Gasteiger partial charge >= 0.3 is 0 Å². The molecule has 0 aromatic carbocycles. The lowest BCUT2D eigenvalue weighted by atomic mass is 10.0. The molecule has 1 amide bonds. The van der Waals surface area contributed by atoms with Gasteiger partial charge in [0.1, 0.15) is 0 Å². The van der Waals surface area contributed by atoms with E-state index in [0.717, 1.165) is 25.7 Å². The van der Waals surface area contributed by atoms with Gasteiger partial charge in [0, 0.05) is 0 Å². The molecule has 298 valence electrons. The van der Waals surface area contributed by atoms with Crippen molar-refractivity contribution in [2.45, 2.75) is 263 Å². The van der Waals surface area contributed by atoms with E-state index in [2.05, 4.69) is 19.2 Å². The summed E-state index contributed by atoms with van der Waals surface area (Å²) < 4.78 is 0. The van der Waals surface area contributed by atoms with Crippen molar-refractivity contribution in [1.82, 2.24) is 5.32 Å². The Hall–Kier alpha value is -0.910. The van der Waals surface area contributed by atoms with Gasteiger partial charge in [-0.3, -0.25) is 4.79 Å². The molecule has 0 aliphatic heterocycles. The third-order valence-corrected chi connectivity index (χ3v) is 10.6. The Morgan fingerprint density at radius 1 is 0.500 bits per heavy atom. The van der Waals surface area contributed by atoms with Crippen molar-refractivity contribution in [3.05, 3.63) is 12.2 Å². The van der Waals surface area contributed by atoms with Crippen molar-refractivity contribution in [3.8, 4) is 0 Å². The average Bonchev–Trinajstić information content (AvgIpc) is 3.11. The number of unbranched alkanes of at least 4 members (excludes halogenated alkanes) is 32. The number of carbonyl (C=O) groups excluding carboxylic acids is 1. The molecule has 0 aliphatic rings. The highest BCUT2D eigenvalue weighted by atomic mass is 16.3. The quantitative estimate of drug-likeness (QED) is 0.0376. The van der Waals surface area contributed by atoms with Crippen LogP contribution in [-0.4, -0.2) is 46.1 Å². The zero-order chi connectivity index (χ0) is 36.6. The molecule has 0 heterocycles. The van der Waals surface area contributed by atoms with Gasteiger partial charge in [-0.2, -0.15) is 0 Å². The number of hydrogen-bond acceptors (Lipinski definition) is 4. The zero-order valence-electron chi connectivity index (χ0n) is 33.8. The van der Waals surface area contributed by atoms with Crippen LogP contribution in [0.25, 0.3) is 0 Å². The number of allylic oxidation sites excluding steroid dienone is 1. The molecule has 50 heavy (non-hydrogen) atoms. The molecule has 0 aromatic rings. The smallest absolute Gasteiger partial charge is 0.222 e. The third kappa shape index (κ3) is 36.9. The Kier molecular flexibility index (Phi) is 40.1. The normalized spacial score (nSPS) is 13.6. The molecule has 4 N–H and O–H groups in total. The summed E-state index contributed by atoms with van der Waals surface area (Å²) in [7, 11) is 0. The molecular weight excluding hydrogens is 618 g/mol. The van der Waals surface area contributed by atoms with Gasteiger partial charge in [0.2, 0.25) is 5.91 Å². The Balaban J connectivity index is 3.56. The van der Waals surface area contributed by atoms with Gasteiger partial charge < -0.3 is 20.6 Å². The van der Waals surface area contributed by atoms with Gasteiger partial charge in [-0.25, -0.2) is 0 Å². The number of aliphatic hydroxyl groups is 3. The van der Waals surface area contributed by atoms with Crippen LogP contribution >= 0.6 is 0 Å². The standard InChI is InChI=1S/C45H89NO4/c1-3-5-7-9-11-13-15-17-18-19-20-21-22-23-24-25-26-27-28-30-32-34-36-38-42(48)40-45(50)46-43(41-47)44(49)39-37-35-33-31-29-16-14-12-10-8-6-4-2/h37,39,42-44,47-49H,3-36,38,40-41H2,1-2H3,(H,46,50)/b39-37+. The SMILES string of the molecule is CCCCCCCCCCCC/C=C/C(O)C(CO)NC(=O)CC(O)CCCCCCCCCCCCCCCCCCCCCCCCC. The fraction of sp³-hybridized carbons (Fsp3) is 0.933. The fourth-order valence-corrected chi connectivity index (χ4v) is 7.11. The molecule has 0 radical (unpaired) electrons.